The van der Waals surface area contributed by atoms with Crippen LogP contribution in [0, 0.1) is 17.8 Å². The standard InChI is InChI=1S/3C25H50O2S.CH3.Sn/c3*1-2-3-4-5-6-7-8-9-10-11-12-13-14-15-16-17-18-19-20-21-22-24(23-28)25(26)27;;/h3*24,28H,2-23H2,1H3,(H,26,27);1H3;/q;;;;+3/p-3. The Kier molecular flexibility index (Phi) is 69.8. The summed E-state index contributed by atoms with van der Waals surface area (Å²) in [4.78, 5) is 43.5. The van der Waals surface area contributed by atoms with Gasteiger partial charge in [-0.2, -0.15) is 0 Å². The Morgan fingerprint density at radius 2 is 0.349 bits per heavy atom. The predicted molar refractivity (Wildman–Crippen MR) is 390 cm³/mol. The Labute approximate surface area is 560 Å². The van der Waals surface area contributed by atoms with E-state index >= 15 is 0 Å². The maximum atomic E-state index is 14.0. The second-order valence-electron chi connectivity index (χ2n) is 27.3. The van der Waals surface area contributed by atoms with Gasteiger partial charge in [0.05, 0.1) is 0 Å². The van der Waals surface area contributed by atoms with Gasteiger partial charge in [0.25, 0.3) is 0 Å². The molecule has 0 spiro atoms. The minimum absolute atomic E-state index is 0.333. The SMILES string of the molecule is CCCCCCCCCCCCCCCCCCCCCCC(CS)C(=O)[O][Sn]([CH3])([O]C(=O)C(CS)CCCCCCCCCCCCCCCCCCCCCC)[O]C(=O)C(CS)CCCCCCCCCCCCCCCCCCCCCC. The van der Waals surface area contributed by atoms with Gasteiger partial charge in [0, 0.05) is 0 Å². The van der Waals surface area contributed by atoms with Gasteiger partial charge < -0.3 is 0 Å². The summed E-state index contributed by atoms with van der Waals surface area (Å²) >= 11 is 8.69. The first-order valence-electron chi connectivity index (χ1n) is 38.7. The molecular weight excluding hydrogens is 1220 g/mol. The molecule has 0 bridgehead atoms. The average Bonchev–Trinajstić information content (AvgIpc) is 3.48. The minimum Gasteiger partial charge on any atom is -0.0654 e. The Bertz CT molecular complexity index is 1250. The van der Waals surface area contributed by atoms with Crippen LogP contribution in [0.2, 0.25) is 4.94 Å². The summed E-state index contributed by atoms with van der Waals surface area (Å²) in [7, 11) is 0. The summed E-state index contributed by atoms with van der Waals surface area (Å²) in [6, 6.07) is 0. The minimum atomic E-state index is -5.10. The first kappa shape index (κ1) is 86.3. The van der Waals surface area contributed by atoms with Gasteiger partial charge in [-0.3, -0.25) is 0 Å². The first-order chi connectivity index (χ1) is 42.2. The van der Waals surface area contributed by atoms with Crippen molar-refractivity contribution in [3.63, 3.8) is 0 Å². The van der Waals surface area contributed by atoms with Gasteiger partial charge in [-0.1, -0.05) is 252 Å². The molecule has 0 N–H and O–H groups in total. The van der Waals surface area contributed by atoms with Crippen LogP contribution in [0.1, 0.15) is 425 Å². The third-order valence-corrected chi connectivity index (χ3v) is 25.0. The number of carbonyl (C=O) groups excluding carboxylic acids is 3. The van der Waals surface area contributed by atoms with E-state index in [4.69, 9.17) is 9.22 Å². The van der Waals surface area contributed by atoms with Crippen molar-refractivity contribution in [3.8, 4) is 0 Å². The van der Waals surface area contributed by atoms with Crippen LogP contribution >= 0.6 is 37.9 Å². The fourth-order valence-electron chi connectivity index (χ4n) is 12.6. The Morgan fingerprint density at radius 1 is 0.233 bits per heavy atom. The molecule has 0 radical (unpaired) electrons. The summed E-state index contributed by atoms with van der Waals surface area (Å²) in [5.41, 5.74) is 0. The summed E-state index contributed by atoms with van der Waals surface area (Å²) in [5.74, 6) is -1.72. The van der Waals surface area contributed by atoms with Crippen molar-refractivity contribution in [1.29, 1.82) is 0 Å². The molecule has 0 aromatic rings. The molecule has 512 valence electrons. The van der Waals surface area contributed by atoms with Gasteiger partial charge in [0.2, 0.25) is 0 Å². The van der Waals surface area contributed by atoms with Crippen molar-refractivity contribution in [3.05, 3.63) is 0 Å². The van der Waals surface area contributed by atoms with Crippen LogP contribution in [-0.4, -0.2) is 54.8 Å². The normalized spacial score (nSPS) is 13.4. The molecule has 0 aromatic carbocycles. The van der Waals surface area contributed by atoms with Crippen molar-refractivity contribution in [2.45, 2.75) is 430 Å². The quantitative estimate of drug-likeness (QED) is 0.0320. The number of hydrogen-bond acceptors (Lipinski definition) is 9. The molecule has 0 aliphatic heterocycles. The van der Waals surface area contributed by atoms with Crippen LogP contribution < -0.4 is 0 Å². The molecule has 0 saturated carbocycles. The van der Waals surface area contributed by atoms with Crippen LogP contribution in [0.25, 0.3) is 0 Å². The summed E-state index contributed by atoms with van der Waals surface area (Å²) in [6.45, 7) is 6.88. The Hall–Kier alpha value is 0.259. The fraction of sp³-hybridized carbons (Fsp3) is 0.961. The van der Waals surface area contributed by atoms with Crippen molar-refractivity contribution < 1.29 is 23.6 Å². The van der Waals surface area contributed by atoms with E-state index in [-0.39, 0.29) is 0 Å². The van der Waals surface area contributed by atoms with Crippen LogP contribution in [0.15, 0.2) is 0 Å². The third kappa shape index (κ3) is 59.3. The summed E-state index contributed by atoms with van der Waals surface area (Å²) in [6.07, 6.45) is 81.6. The van der Waals surface area contributed by atoms with E-state index in [2.05, 4.69) is 58.7 Å². The molecule has 3 atom stereocenters. The molecule has 0 fully saturated rings. The molecule has 0 aromatic heterocycles. The van der Waals surface area contributed by atoms with Gasteiger partial charge in [0.1, 0.15) is 0 Å². The Morgan fingerprint density at radius 3 is 0.465 bits per heavy atom. The van der Waals surface area contributed by atoms with Crippen molar-refractivity contribution in [2.75, 3.05) is 17.3 Å². The van der Waals surface area contributed by atoms with E-state index in [1.54, 1.807) is 4.94 Å². The van der Waals surface area contributed by atoms with Crippen LogP contribution in [-0.2, 0) is 23.6 Å². The summed E-state index contributed by atoms with van der Waals surface area (Å²) < 4.78 is 18.6. The number of hydrogen-bond donors (Lipinski definition) is 3. The second kappa shape index (κ2) is 69.6. The molecule has 10 heteroatoms. The third-order valence-electron chi connectivity index (χ3n) is 18.7. The van der Waals surface area contributed by atoms with Crippen molar-refractivity contribution >= 4 is 75.4 Å². The molecule has 0 saturated heterocycles. The molecule has 6 nitrogen and oxygen atoms in total. The van der Waals surface area contributed by atoms with E-state index in [0.717, 1.165) is 57.8 Å². The molecule has 0 heterocycles. The molecule has 0 rings (SSSR count). The number of unbranched alkanes of at least 4 members (excludes halogenated alkanes) is 57. The number of carbonyl (C=O) groups is 3. The van der Waals surface area contributed by atoms with E-state index in [0.29, 0.717) is 36.5 Å². The predicted octanol–water partition coefficient (Wildman–Crippen LogP) is 26.5. The average molecular weight is 1370 g/mol. The van der Waals surface area contributed by atoms with Crippen LogP contribution in [0.3, 0.4) is 0 Å². The van der Waals surface area contributed by atoms with Gasteiger partial charge >= 0.3 is 312 Å². The topological polar surface area (TPSA) is 78.9 Å². The summed E-state index contributed by atoms with van der Waals surface area (Å²) in [5, 5.41) is 0. The van der Waals surface area contributed by atoms with Crippen LogP contribution in [0.5, 0.6) is 0 Å². The zero-order chi connectivity index (χ0) is 62.8. The zero-order valence-electron chi connectivity index (χ0n) is 58.2. The molecule has 0 aliphatic rings. The molecule has 86 heavy (non-hydrogen) atoms. The van der Waals surface area contributed by atoms with E-state index in [1.807, 2.05) is 0 Å². The van der Waals surface area contributed by atoms with E-state index in [9.17, 15) is 14.4 Å². The van der Waals surface area contributed by atoms with Crippen molar-refractivity contribution in [1.82, 2.24) is 0 Å². The van der Waals surface area contributed by atoms with E-state index < -0.39 is 55.3 Å². The van der Waals surface area contributed by atoms with Gasteiger partial charge in [-0.25, -0.2) is 0 Å². The molecule has 3 unspecified atom stereocenters. The fourth-order valence-corrected chi connectivity index (χ4v) is 18.6. The molecule has 0 aliphatic carbocycles. The van der Waals surface area contributed by atoms with Gasteiger partial charge in [0.15, 0.2) is 0 Å². The maximum absolute atomic E-state index is 14.0. The van der Waals surface area contributed by atoms with Crippen molar-refractivity contribution in [2.24, 2.45) is 17.8 Å². The Balaban J connectivity index is 4.91. The first-order valence-corrected chi connectivity index (χ1v) is 47.0. The molecule has 0 amide bonds. The van der Waals surface area contributed by atoms with Crippen LogP contribution in [0.4, 0.5) is 0 Å². The zero-order valence-corrected chi connectivity index (χ0v) is 63.7. The second-order valence-corrected chi connectivity index (χ2v) is 35.0. The van der Waals surface area contributed by atoms with Gasteiger partial charge in [-0.15, -0.1) is 0 Å². The van der Waals surface area contributed by atoms with Gasteiger partial charge in [-0.05, 0) is 0 Å². The number of thiol groups is 3. The van der Waals surface area contributed by atoms with E-state index in [1.165, 1.54) is 327 Å². The molecular formula is C76H150O6S3Sn. The number of rotatable bonds is 72. The monoisotopic (exact) mass is 1370 g/mol. The smallest absolute Gasteiger partial charge is 0.0654 e.